The Morgan fingerprint density at radius 1 is 1.39 bits per heavy atom. The van der Waals surface area contributed by atoms with Crippen LogP contribution in [0.15, 0.2) is 24.3 Å². The Labute approximate surface area is 111 Å². The molecule has 0 aliphatic carbocycles. The Hall–Kier alpha value is -0.860. The summed E-state index contributed by atoms with van der Waals surface area (Å²) in [7, 11) is 0. The molecule has 0 amide bonds. The van der Waals surface area contributed by atoms with E-state index in [9.17, 15) is 0 Å². The molecule has 100 valence electrons. The Morgan fingerprint density at radius 3 is 2.94 bits per heavy atom. The van der Waals surface area contributed by atoms with Crippen LogP contribution in [-0.4, -0.2) is 25.2 Å². The predicted molar refractivity (Wildman–Crippen MR) is 78.0 cm³/mol. The smallest absolute Gasteiger partial charge is 0.00822 e. The molecule has 0 radical (unpaired) electrons. The summed E-state index contributed by atoms with van der Waals surface area (Å²) < 4.78 is 0. The van der Waals surface area contributed by atoms with Crippen LogP contribution in [0.5, 0.6) is 0 Å². The van der Waals surface area contributed by atoms with Gasteiger partial charge < -0.3 is 10.6 Å². The van der Waals surface area contributed by atoms with Gasteiger partial charge in [0, 0.05) is 12.1 Å². The van der Waals surface area contributed by atoms with Crippen LogP contribution in [0.4, 0.5) is 0 Å². The van der Waals surface area contributed by atoms with Crippen molar-refractivity contribution in [2.24, 2.45) is 0 Å². The van der Waals surface area contributed by atoms with Gasteiger partial charge in [0.1, 0.15) is 0 Å². The molecule has 18 heavy (non-hydrogen) atoms. The summed E-state index contributed by atoms with van der Waals surface area (Å²) in [6, 6.07) is 10.0. The van der Waals surface area contributed by atoms with Crippen molar-refractivity contribution in [3.63, 3.8) is 0 Å². The zero-order chi connectivity index (χ0) is 12.8. The number of hydrogen-bond donors (Lipinski definition) is 2. The molecular formula is C16H26N2. The average Bonchev–Trinajstić information content (AvgIpc) is 2.84. The maximum absolute atomic E-state index is 3.65. The van der Waals surface area contributed by atoms with Gasteiger partial charge in [-0.3, -0.25) is 0 Å². The molecule has 1 aromatic rings. The van der Waals surface area contributed by atoms with Crippen molar-refractivity contribution in [2.45, 2.75) is 51.6 Å². The predicted octanol–water partition coefficient (Wildman–Crippen LogP) is 2.66. The maximum atomic E-state index is 3.65. The molecule has 1 aliphatic rings. The molecule has 0 spiro atoms. The summed E-state index contributed by atoms with van der Waals surface area (Å²) in [5, 5.41) is 7.21. The molecule has 2 nitrogen and oxygen atoms in total. The highest BCUT2D eigenvalue weighted by Crippen LogP contribution is 2.11. The van der Waals surface area contributed by atoms with E-state index >= 15 is 0 Å². The average molecular weight is 246 g/mol. The van der Waals surface area contributed by atoms with Crippen molar-refractivity contribution in [2.75, 3.05) is 13.1 Å². The number of nitrogens with one attached hydrogen (secondary N) is 2. The summed E-state index contributed by atoms with van der Waals surface area (Å²) in [6.45, 7) is 6.79. The van der Waals surface area contributed by atoms with Crippen molar-refractivity contribution < 1.29 is 0 Å². The van der Waals surface area contributed by atoms with Gasteiger partial charge in [-0.2, -0.15) is 0 Å². The summed E-state index contributed by atoms with van der Waals surface area (Å²) >= 11 is 0. The molecule has 2 N–H and O–H groups in total. The van der Waals surface area contributed by atoms with E-state index in [1.807, 2.05) is 0 Å². The van der Waals surface area contributed by atoms with Gasteiger partial charge in [0.05, 0.1) is 0 Å². The van der Waals surface area contributed by atoms with Crippen LogP contribution < -0.4 is 10.6 Å². The zero-order valence-corrected chi connectivity index (χ0v) is 11.7. The maximum Gasteiger partial charge on any atom is 0.00822 e. The Balaban J connectivity index is 1.67. The van der Waals surface area contributed by atoms with Crippen molar-refractivity contribution >= 4 is 0 Å². The summed E-state index contributed by atoms with van der Waals surface area (Å²) in [5.41, 5.74) is 2.88. The zero-order valence-electron chi connectivity index (χ0n) is 11.7. The van der Waals surface area contributed by atoms with Gasteiger partial charge in [-0.15, -0.1) is 0 Å². The van der Waals surface area contributed by atoms with Crippen LogP contribution in [0.3, 0.4) is 0 Å². The van der Waals surface area contributed by atoms with Crippen LogP contribution in [0, 0.1) is 6.92 Å². The normalized spacial score (nSPS) is 21.1. The number of aryl methyl sites for hydroxylation is 1. The van der Waals surface area contributed by atoms with Gasteiger partial charge in [0.15, 0.2) is 0 Å². The lowest BCUT2D eigenvalue weighted by Gasteiger charge is -2.18. The highest BCUT2D eigenvalue weighted by molar-refractivity contribution is 5.25. The minimum Gasteiger partial charge on any atom is -0.314 e. The minimum atomic E-state index is 0.615. The molecule has 2 unspecified atom stereocenters. The quantitative estimate of drug-likeness (QED) is 0.806. The number of rotatable bonds is 6. The summed E-state index contributed by atoms with van der Waals surface area (Å²) in [4.78, 5) is 0. The fourth-order valence-electron chi connectivity index (χ4n) is 2.81. The Morgan fingerprint density at radius 2 is 2.22 bits per heavy atom. The third-order valence-electron chi connectivity index (χ3n) is 3.95. The summed E-state index contributed by atoms with van der Waals surface area (Å²) in [6.07, 6.45) is 5.09. The highest BCUT2D eigenvalue weighted by Gasteiger charge is 2.16. The van der Waals surface area contributed by atoms with Gasteiger partial charge in [-0.1, -0.05) is 24.3 Å². The van der Waals surface area contributed by atoms with E-state index in [1.54, 1.807) is 0 Å². The molecule has 1 saturated heterocycles. The lowest BCUT2D eigenvalue weighted by atomic mass is 10.0. The first-order valence-corrected chi connectivity index (χ1v) is 7.27. The molecule has 0 bridgehead atoms. The Kier molecular flexibility index (Phi) is 5.21. The molecule has 0 aromatic heterocycles. The van der Waals surface area contributed by atoms with Crippen LogP contribution in [0.2, 0.25) is 0 Å². The van der Waals surface area contributed by atoms with Gasteiger partial charge >= 0.3 is 0 Å². The van der Waals surface area contributed by atoms with Crippen molar-refractivity contribution in [1.29, 1.82) is 0 Å². The molecule has 2 atom stereocenters. The monoisotopic (exact) mass is 246 g/mol. The van der Waals surface area contributed by atoms with Crippen LogP contribution >= 0.6 is 0 Å². The van der Waals surface area contributed by atoms with E-state index in [-0.39, 0.29) is 0 Å². The number of hydrogen-bond acceptors (Lipinski definition) is 2. The third kappa shape index (κ3) is 4.11. The molecular weight excluding hydrogens is 220 g/mol. The lowest BCUT2D eigenvalue weighted by Crippen LogP contribution is -2.34. The van der Waals surface area contributed by atoms with Gasteiger partial charge in [-0.05, 0) is 63.7 Å². The van der Waals surface area contributed by atoms with E-state index in [0.717, 1.165) is 19.0 Å². The van der Waals surface area contributed by atoms with E-state index in [1.165, 1.54) is 36.9 Å². The molecule has 2 heteroatoms. The second-order valence-electron chi connectivity index (χ2n) is 5.56. The van der Waals surface area contributed by atoms with E-state index in [0.29, 0.717) is 6.04 Å². The molecule has 1 heterocycles. The van der Waals surface area contributed by atoms with Crippen LogP contribution in [0.25, 0.3) is 0 Å². The first-order valence-electron chi connectivity index (χ1n) is 7.27. The minimum absolute atomic E-state index is 0.615. The standard InChI is InChI=1S/C16H26N2/c1-13-6-3-4-7-15(13)9-11-17-14(2)12-16-8-5-10-18-16/h3-4,6-7,14,16-18H,5,8-12H2,1-2H3. The fourth-order valence-corrected chi connectivity index (χ4v) is 2.81. The third-order valence-corrected chi connectivity index (χ3v) is 3.95. The molecule has 1 aromatic carbocycles. The topological polar surface area (TPSA) is 24.1 Å². The SMILES string of the molecule is Cc1ccccc1CCNC(C)CC1CCCN1. The molecule has 1 fully saturated rings. The van der Waals surface area contributed by atoms with E-state index < -0.39 is 0 Å². The van der Waals surface area contributed by atoms with E-state index in [2.05, 4.69) is 48.7 Å². The van der Waals surface area contributed by atoms with Crippen molar-refractivity contribution in [3.8, 4) is 0 Å². The second-order valence-corrected chi connectivity index (χ2v) is 5.56. The van der Waals surface area contributed by atoms with Crippen molar-refractivity contribution in [3.05, 3.63) is 35.4 Å². The molecule has 2 rings (SSSR count). The van der Waals surface area contributed by atoms with Gasteiger partial charge in [0.2, 0.25) is 0 Å². The Bertz CT molecular complexity index is 356. The summed E-state index contributed by atoms with van der Waals surface area (Å²) in [5.74, 6) is 0. The fraction of sp³-hybridized carbons (Fsp3) is 0.625. The first kappa shape index (κ1) is 13.6. The van der Waals surface area contributed by atoms with Gasteiger partial charge in [0.25, 0.3) is 0 Å². The van der Waals surface area contributed by atoms with Crippen LogP contribution in [-0.2, 0) is 6.42 Å². The lowest BCUT2D eigenvalue weighted by molar-refractivity contribution is 0.443. The van der Waals surface area contributed by atoms with E-state index in [4.69, 9.17) is 0 Å². The highest BCUT2D eigenvalue weighted by atomic mass is 15.0. The molecule has 1 aliphatic heterocycles. The van der Waals surface area contributed by atoms with Crippen LogP contribution in [0.1, 0.15) is 37.3 Å². The number of benzene rings is 1. The van der Waals surface area contributed by atoms with Crippen molar-refractivity contribution in [1.82, 2.24) is 10.6 Å². The first-order chi connectivity index (χ1) is 8.75. The van der Waals surface area contributed by atoms with Gasteiger partial charge in [-0.25, -0.2) is 0 Å². The largest absolute Gasteiger partial charge is 0.314 e. The second kappa shape index (κ2) is 6.91. The molecule has 0 saturated carbocycles.